The van der Waals surface area contributed by atoms with Crippen LogP contribution < -0.4 is 4.90 Å². The summed E-state index contributed by atoms with van der Waals surface area (Å²) in [6.45, 7) is 4.27. The molecule has 1 saturated carbocycles. The number of para-hydroxylation sites is 2. The first-order chi connectivity index (χ1) is 12.8. The number of Topliss-reactive ketones (excluding diaryl/α,β-unsaturated/α-hetero) is 1. The van der Waals surface area contributed by atoms with Crippen molar-refractivity contribution in [3.63, 3.8) is 0 Å². The summed E-state index contributed by atoms with van der Waals surface area (Å²) in [5.74, 6) is -0.340. The lowest BCUT2D eigenvalue weighted by atomic mass is 9.61. The first kappa shape index (κ1) is 17.7. The van der Waals surface area contributed by atoms with Crippen LogP contribution in [0.3, 0.4) is 0 Å². The van der Waals surface area contributed by atoms with Gasteiger partial charge in [-0.3, -0.25) is 14.9 Å². The number of nitrogens with zero attached hydrogens (tertiary/aromatic N) is 2. The highest BCUT2D eigenvalue weighted by Crippen LogP contribution is 2.53. The monoisotopic (exact) mass is 364 g/mol. The quantitative estimate of drug-likeness (QED) is 0.579. The van der Waals surface area contributed by atoms with Gasteiger partial charge in [-0.15, -0.1) is 0 Å². The van der Waals surface area contributed by atoms with Gasteiger partial charge in [0.05, 0.1) is 4.92 Å². The normalized spacial score (nSPS) is 26.3. The summed E-state index contributed by atoms with van der Waals surface area (Å²) >= 11 is 0. The van der Waals surface area contributed by atoms with Crippen LogP contribution in [-0.4, -0.2) is 23.8 Å². The fraction of sp³-hybridized carbons (Fsp3) is 0.409. The van der Waals surface area contributed by atoms with Gasteiger partial charge in [0.2, 0.25) is 0 Å². The smallest absolute Gasteiger partial charge is 0.273 e. The highest BCUT2D eigenvalue weighted by Gasteiger charge is 2.51. The summed E-state index contributed by atoms with van der Waals surface area (Å²) in [5, 5.41) is 11.7. The minimum absolute atomic E-state index is 0.0426. The molecule has 5 heteroatoms. The van der Waals surface area contributed by atoms with Crippen molar-refractivity contribution in [2.24, 2.45) is 11.3 Å². The molecule has 2 aromatic carbocycles. The van der Waals surface area contributed by atoms with Crippen molar-refractivity contribution >= 4 is 17.2 Å². The van der Waals surface area contributed by atoms with Crippen LogP contribution in [0.25, 0.3) is 0 Å². The number of anilines is 1. The maximum absolute atomic E-state index is 13.3. The minimum atomic E-state index is -0.331. The molecule has 3 atom stereocenters. The van der Waals surface area contributed by atoms with Gasteiger partial charge in [0.25, 0.3) is 5.69 Å². The molecule has 1 heterocycles. The van der Waals surface area contributed by atoms with Crippen molar-refractivity contribution in [2.45, 2.75) is 38.6 Å². The molecule has 5 nitrogen and oxygen atoms in total. The molecule has 3 unspecified atom stereocenters. The van der Waals surface area contributed by atoms with E-state index in [9.17, 15) is 14.9 Å². The van der Waals surface area contributed by atoms with Crippen LogP contribution in [-0.2, 0) is 4.79 Å². The fourth-order valence-corrected chi connectivity index (χ4v) is 5.08. The predicted octanol–water partition coefficient (Wildman–Crippen LogP) is 4.55. The Kier molecular flexibility index (Phi) is 4.06. The highest BCUT2D eigenvalue weighted by atomic mass is 16.6. The van der Waals surface area contributed by atoms with Crippen molar-refractivity contribution in [3.05, 3.63) is 69.8 Å². The number of hydrogen-bond donors (Lipinski definition) is 0. The van der Waals surface area contributed by atoms with E-state index in [0.717, 1.165) is 17.7 Å². The van der Waals surface area contributed by atoms with Gasteiger partial charge >= 0.3 is 0 Å². The third-order valence-corrected chi connectivity index (χ3v) is 6.18. The molecule has 27 heavy (non-hydrogen) atoms. The minimum Gasteiger partial charge on any atom is -0.371 e. The Balaban J connectivity index is 1.95. The molecule has 1 aliphatic carbocycles. The average molecular weight is 364 g/mol. The largest absolute Gasteiger partial charge is 0.371 e. The Bertz CT molecular complexity index is 921. The van der Waals surface area contributed by atoms with Crippen LogP contribution in [0.5, 0.6) is 0 Å². The van der Waals surface area contributed by atoms with Crippen LogP contribution in [0.1, 0.15) is 43.7 Å². The second kappa shape index (κ2) is 6.19. The molecule has 0 amide bonds. The van der Waals surface area contributed by atoms with E-state index in [2.05, 4.69) is 24.8 Å². The van der Waals surface area contributed by atoms with Crippen LogP contribution in [0.15, 0.2) is 48.5 Å². The van der Waals surface area contributed by atoms with E-state index >= 15 is 0 Å². The Morgan fingerprint density at radius 2 is 1.70 bits per heavy atom. The summed E-state index contributed by atoms with van der Waals surface area (Å²) < 4.78 is 0. The topological polar surface area (TPSA) is 63.4 Å². The third-order valence-electron chi connectivity index (χ3n) is 6.18. The van der Waals surface area contributed by atoms with E-state index in [4.69, 9.17) is 0 Å². The van der Waals surface area contributed by atoms with Crippen molar-refractivity contribution in [1.29, 1.82) is 0 Å². The van der Waals surface area contributed by atoms with Gasteiger partial charge in [-0.25, -0.2) is 0 Å². The third kappa shape index (κ3) is 2.82. The van der Waals surface area contributed by atoms with Gasteiger partial charge in [-0.2, -0.15) is 0 Å². The summed E-state index contributed by atoms with van der Waals surface area (Å²) in [4.78, 5) is 26.8. The highest BCUT2D eigenvalue weighted by molar-refractivity contribution is 5.87. The zero-order valence-corrected chi connectivity index (χ0v) is 15.9. The number of nitro groups is 1. The SMILES string of the molecule is CN1c2ccccc2C(c2ccccc2[N+](=O)[O-])C2C(=O)CC(C)(C)CC21. The number of benzene rings is 2. The van der Waals surface area contributed by atoms with Gasteiger partial charge in [0, 0.05) is 48.7 Å². The molecule has 0 saturated heterocycles. The van der Waals surface area contributed by atoms with E-state index < -0.39 is 0 Å². The maximum Gasteiger partial charge on any atom is 0.273 e. The lowest BCUT2D eigenvalue weighted by Crippen LogP contribution is -2.54. The number of fused-ring (bicyclic) bond motifs is 2. The van der Waals surface area contributed by atoms with Gasteiger partial charge in [-0.1, -0.05) is 50.2 Å². The lowest BCUT2D eigenvalue weighted by molar-refractivity contribution is -0.385. The number of carbonyl (C=O) groups excluding carboxylic acids is 1. The van der Waals surface area contributed by atoms with Gasteiger partial charge < -0.3 is 4.90 Å². The lowest BCUT2D eigenvalue weighted by Gasteiger charge is -2.51. The van der Waals surface area contributed by atoms with Crippen molar-refractivity contribution < 1.29 is 9.72 Å². The van der Waals surface area contributed by atoms with Gasteiger partial charge in [-0.05, 0) is 23.5 Å². The molecule has 0 bridgehead atoms. The molecule has 1 aliphatic heterocycles. The van der Waals surface area contributed by atoms with E-state index in [1.807, 2.05) is 37.4 Å². The second-order valence-corrected chi connectivity index (χ2v) is 8.57. The summed E-state index contributed by atoms with van der Waals surface area (Å²) in [6.07, 6.45) is 1.41. The molecular weight excluding hydrogens is 340 g/mol. The standard InChI is InChI=1S/C22H24N2O3/c1-22(2)12-18-21(19(25)13-22)20(14-8-4-6-10-16(14)23(18)3)15-9-5-7-11-17(15)24(26)27/h4-11,18,20-21H,12-13H2,1-3H3. The molecule has 0 spiro atoms. The average Bonchev–Trinajstić information content (AvgIpc) is 2.62. The van der Waals surface area contributed by atoms with Gasteiger partial charge in [0.15, 0.2) is 0 Å². The van der Waals surface area contributed by atoms with Gasteiger partial charge in [0.1, 0.15) is 5.78 Å². The molecular formula is C22H24N2O3. The molecule has 4 rings (SSSR count). The number of hydrogen-bond acceptors (Lipinski definition) is 4. The van der Waals surface area contributed by atoms with Crippen LogP contribution >= 0.6 is 0 Å². The molecule has 0 N–H and O–H groups in total. The van der Waals surface area contributed by atoms with E-state index in [-0.39, 0.29) is 39.7 Å². The second-order valence-electron chi connectivity index (χ2n) is 8.57. The summed E-state index contributed by atoms with van der Waals surface area (Å²) in [5.41, 5.74) is 2.74. The molecule has 1 fully saturated rings. The maximum atomic E-state index is 13.3. The van der Waals surface area contributed by atoms with Crippen molar-refractivity contribution in [1.82, 2.24) is 0 Å². The molecule has 2 aromatic rings. The van der Waals surface area contributed by atoms with Crippen LogP contribution in [0.4, 0.5) is 11.4 Å². The Morgan fingerprint density at radius 3 is 2.41 bits per heavy atom. The number of rotatable bonds is 2. The summed E-state index contributed by atoms with van der Waals surface area (Å²) in [6, 6.07) is 14.9. The molecule has 0 aromatic heterocycles. The van der Waals surface area contributed by atoms with Crippen molar-refractivity contribution in [3.8, 4) is 0 Å². The molecule has 140 valence electrons. The fourth-order valence-electron chi connectivity index (χ4n) is 5.08. The van der Waals surface area contributed by atoms with E-state index in [1.165, 1.54) is 0 Å². The Hall–Kier alpha value is -2.69. The van der Waals surface area contributed by atoms with E-state index in [1.54, 1.807) is 12.1 Å². The summed E-state index contributed by atoms with van der Waals surface area (Å²) in [7, 11) is 2.04. The first-order valence-corrected chi connectivity index (χ1v) is 9.38. The Morgan fingerprint density at radius 1 is 1.07 bits per heavy atom. The Labute approximate surface area is 159 Å². The number of ketones is 1. The van der Waals surface area contributed by atoms with E-state index in [0.29, 0.717) is 12.0 Å². The molecule has 2 aliphatic rings. The number of carbonyl (C=O) groups is 1. The first-order valence-electron chi connectivity index (χ1n) is 9.38. The molecule has 0 radical (unpaired) electrons. The number of nitro benzene ring substituents is 1. The van der Waals surface area contributed by atoms with Crippen molar-refractivity contribution in [2.75, 3.05) is 11.9 Å². The van der Waals surface area contributed by atoms with Crippen LogP contribution in [0, 0.1) is 21.4 Å². The zero-order chi connectivity index (χ0) is 19.3. The zero-order valence-electron chi connectivity index (χ0n) is 15.9. The predicted molar refractivity (Wildman–Crippen MR) is 105 cm³/mol. The van der Waals surface area contributed by atoms with Crippen LogP contribution in [0.2, 0.25) is 0 Å².